The molecule has 0 aliphatic carbocycles. The van der Waals surface area contributed by atoms with Crippen molar-refractivity contribution in [2.75, 3.05) is 0 Å². The summed E-state index contributed by atoms with van der Waals surface area (Å²) < 4.78 is 0. The second-order valence-electron chi connectivity index (χ2n) is 6.48. The first-order valence-electron chi connectivity index (χ1n) is 9.47. The fourth-order valence-electron chi connectivity index (χ4n) is 2.44. The SMILES string of the molecule is O=C(O)CCC[C@H](O)/C=C/C=C\C=C\C=C\[C@H](O)[C@H](O)CCc1ccccc1. The molecule has 1 aromatic rings. The van der Waals surface area contributed by atoms with Crippen LogP contribution in [0.2, 0.25) is 0 Å². The Morgan fingerprint density at radius 2 is 1.46 bits per heavy atom. The number of aliphatic carboxylic acids is 1. The molecule has 1 rings (SSSR count). The summed E-state index contributed by atoms with van der Waals surface area (Å²) in [6.07, 6.45) is 13.3. The number of aryl methyl sites for hydroxylation is 1. The first kappa shape index (κ1) is 23.6. The van der Waals surface area contributed by atoms with Crippen LogP contribution in [0.25, 0.3) is 0 Å². The van der Waals surface area contributed by atoms with Gasteiger partial charge in [-0.3, -0.25) is 4.79 Å². The zero-order valence-electron chi connectivity index (χ0n) is 16.0. The van der Waals surface area contributed by atoms with Crippen LogP contribution in [0.1, 0.15) is 31.2 Å². The van der Waals surface area contributed by atoms with Gasteiger partial charge in [0.15, 0.2) is 0 Å². The van der Waals surface area contributed by atoms with Crippen LogP contribution in [-0.4, -0.2) is 44.7 Å². The lowest BCUT2D eigenvalue weighted by molar-refractivity contribution is -0.137. The highest BCUT2D eigenvalue weighted by molar-refractivity contribution is 5.66. The van der Waals surface area contributed by atoms with E-state index in [0.29, 0.717) is 25.7 Å². The lowest BCUT2D eigenvalue weighted by Crippen LogP contribution is -2.24. The van der Waals surface area contributed by atoms with Gasteiger partial charge in [0.2, 0.25) is 0 Å². The summed E-state index contributed by atoms with van der Waals surface area (Å²) in [5.41, 5.74) is 1.13. The standard InChI is InChI=1S/C23H30O5/c24-20(14-10-16-23(27)28)13-8-3-1-2-4-9-15-21(25)22(26)18-17-19-11-6-5-7-12-19/h1-9,11-13,15,20-22,24-26H,10,14,16-18H2,(H,27,28)/b3-1-,4-2+,13-8+,15-9+/t20-,21+,22-/m1/s1. The summed E-state index contributed by atoms with van der Waals surface area (Å²) in [4.78, 5) is 10.4. The number of carboxylic acid groups (broad SMARTS) is 1. The van der Waals surface area contributed by atoms with Gasteiger partial charge in [0, 0.05) is 6.42 Å². The van der Waals surface area contributed by atoms with E-state index in [1.165, 1.54) is 0 Å². The van der Waals surface area contributed by atoms with Crippen molar-refractivity contribution in [3.63, 3.8) is 0 Å². The van der Waals surface area contributed by atoms with Crippen molar-refractivity contribution in [3.8, 4) is 0 Å². The van der Waals surface area contributed by atoms with Crippen LogP contribution in [-0.2, 0) is 11.2 Å². The van der Waals surface area contributed by atoms with E-state index >= 15 is 0 Å². The Kier molecular flexibility index (Phi) is 12.3. The summed E-state index contributed by atoms with van der Waals surface area (Å²) in [7, 11) is 0. The van der Waals surface area contributed by atoms with E-state index in [9.17, 15) is 20.1 Å². The van der Waals surface area contributed by atoms with Crippen LogP contribution in [0.4, 0.5) is 0 Å². The van der Waals surface area contributed by atoms with E-state index < -0.39 is 24.3 Å². The van der Waals surface area contributed by atoms with Gasteiger partial charge in [-0.1, -0.05) is 78.9 Å². The Hall–Kier alpha value is -2.47. The molecule has 0 unspecified atom stereocenters. The van der Waals surface area contributed by atoms with E-state index in [1.54, 1.807) is 48.6 Å². The van der Waals surface area contributed by atoms with Gasteiger partial charge in [-0.15, -0.1) is 0 Å². The van der Waals surface area contributed by atoms with Gasteiger partial charge >= 0.3 is 5.97 Å². The average molecular weight is 386 g/mol. The molecule has 4 N–H and O–H groups in total. The molecule has 0 aliphatic rings. The zero-order chi connectivity index (χ0) is 20.6. The minimum absolute atomic E-state index is 0.0582. The van der Waals surface area contributed by atoms with Crippen molar-refractivity contribution in [2.24, 2.45) is 0 Å². The second-order valence-corrected chi connectivity index (χ2v) is 6.48. The largest absolute Gasteiger partial charge is 0.481 e. The molecule has 0 heterocycles. The molecule has 28 heavy (non-hydrogen) atoms. The number of carboxylic acids is 1. The molecule has 5 nitrogen and oxygen atoms in total. The second kappa shape index (κ2) is 14.6. The third-order valence-corrected chi connectivity index (χ3v) is 4.05. The number of aliphatic hydroxyl groups excluding tert-OH is 3. The number of hydrogen-bond acceptors (Lipinski definition) is 4. The van der Waals surface area contributed by atoms with Crippen LogP contribution in [0.15, 0.2) is 78.9 Å². The van der Waals surface area contributed by atoms with E-state index in [0.717, 1.165) is 5.56 Å². The molecular weight excluding hydrogens is 356 g/mol. The monoisotopic (exact) mass is 386 g/mol. The maximum absolute atomic E-state index is 10.4. The Morgan fingerprint density at radius 3 is 2.11 bits per heavy atom. The van der Waals surface area contributed by atoms with Gasteiger partial charge in [0.05, 0.1) is 18.3 Å². The maximum Gasteiger partial charge on any atom is 0.303 e. The third kappa shape index (κ3) is 12.0. The molecule has 0 aliphatic heterocycles. The molecule has 0 saturated heterocycles. The predicted octanol–water partition coefficient (Wildman–Crippen LogP) is 3.18. The number of hydrogen-bond donors (Lipinski definition) is 4. The molecule has 5 heteroatoms. The summed E-state index contributed by atoms with van der Waals surface area (Å²) in [5, 5.41) is 38.1. The van der Waals surface area contributed by atoms with Crippen molar-refractivity contribution in [1.29, 1.82) is 0 Å². The van der Waals surface area contributed by atoms with Crippen molar-refractivity contribution < 1.29 is 25.2 Å². The molecule has 0 amide bonds. The maximum atomic E-state index is 10.4. The Bertz CT molecular complexity index is 661. The summed E-state index contributed by atoms with van der Waals surface area (Å²) >= 11 is 0. The molecule has 0 bridgehead atoms. The zero-order valence-corrected chi connectivity index (χ0v) is 16.0. The van der Waals surface area contributed by atoms with Crippen LogP contribution >= 0.6 is 0 Å². The highest BCUT2D eigenvalue weighted by Gasteiger charge is 2.12. The summed E-state index contributed by atoms with van der Waals surface area (Å²) in [6.45, 7) is 0. The molecule has 3 atom stereocenters. The molecule has 0 saturated carbocycles. The van der Waals surface area contributed by atoms with Crippen LogP contribution in [0, 0.1) is 0 Å². The number of benzene rings is 1. The average Bonchev–Trinajstić information content (AvgIpc) is 2.68. The summed E-state index contributed by atoms with van der Waals surface area (Å²) in [6, 6.07) is 9.83. The smallest absolute Gasteiger partial charge is 0.303 e. The van der Waals surface area contributed by atoms with E-state index in [4.69, 9.17) is 5.11 Å². The lowest BCUT2D eigenvalue weighted by Gasteiger charge is -2.14. The van der Waals surface area contributed by atoms with Crippen molar-refractivity contribution in [3.05, 3.63) is 84.5 Å². The highest BCUT2D eigenvalue weighted by atomic mass is 16.4. The molecule has 0 spiro atoms. The van der Waals surface area contributed by atoms with E-state index in [1.807, 2.05) is 30.3 Å². The number of carbonyl (C=O) groups is 1. The highest BCUT2D eigenvalue weighted by Crippen LogP contribution is 2.08. The first-order valence-corrected chi connectivity index (χ1v) is 9.47. The molecule has 0 radical (unpaired) electrons. The van der Waals surface area contributed by atoms with Gasteiger partial charge in [-0.05, 0) is 31.2 Å². The van der Waals surface area contributed by atoms with Crippen molar-refractivity contribution in [1.82, 2.24) is 0 Å². The van der Waals surface area contributed by atoms with Gasteiger partial charge < -0.3 is 20.4 Å². The van der Waals surface area contributed by atoms with Gasteiger partial charge in [0.25, 0.3) is 0 Å². The van der Waals surface area contributed by atoms with Gasteiger partial charge in [0.1, 0.15) is 0 Å². The van der Waals surface area contributed by atoms with Gasteiger partial charge in [-0.25, -0.2) is 0 Å². The molecule has 152 valence electrons. The minimum Gasteiger partial charge on any atom is -0.481 e. The normalized spacial score (nSPS) is 15.7. The molecule has 0 aromatic heterocycles. The van der Waals surface area contributed by atoms with Gasteiger partial charge in [-0.2, -0.15) is 0 Å². The minimum atomic E-state index is -0.918. The first-order chi connectivity index (χ1) is 13.5. The van der Waals surface area contributed by atoms with Crippen LogP contribution in [0.5, 0.6) is 0 Å². The lowest BCUT2D eigenvalue weighted by atomic mass is 10.0. The molecular formula is C23H30O5. The fraction of sp³-hybridized carbons (Fsp3) is 0.348. The molecule has 0 fully saturated rings. The van der Waals surface area contributed by atoms with Crippen molar-refractivity contribution >= 4 is 5.97 Å². The quantitative estimate of drug-likeness (QED) is 0.390. The third-order valence-electron chi connectivity index (χ3n) is 4.05. The van der Waals surface area contributed by atoms with E-state index in [2.05, 4.69) is 0 Å². The number of allylic oxidation sites excluding steroid dienone is 6. The predicted molar refractivity (Wildman–Crippen MR) is 111 cm³/mol. The Balaban J connectivity index is 2.23. The number of aliphatic hydroxyl groups is 3. The Labute approximate surface area is 166 Å². The Morgan fingerprint density at radius 1 is 0.857 bits per heavy atom. The van der Waals surface area contributed by atoms with E-state index in [-0.39, 0.29) is 6.42 Å². The van der Waals surface area contributed by atoms with Crippen LogP contribution in [0.3, 0.4) is 0 Å². The van der Waals surface area contributed by atoms with Crippen LogP contribution < -0.4 is 0 Å². The molecule has 1 aromatic carbocycles. The topological polar surface area (TPSA) is 98.0 Å². The van der Waals surface area contributed by atoms with Crippen molar-refractivity contribution in [2.45, 2.75) is 50.4 Å². The number of rotatable bonds is 13. The summed E-state index contributed by atoms with van der Waals surface area (Å²) in [5.74, 6) is -0.858. The fourth-order valence-corrected chi connectivity index (χ4v) is 2.44.